The zero-order valence-electron chi connectivity index (χ0n) is 73.9. The number of likely N-dealkylation sites (N-methyl/N-ethyl adjacent to an activating group) is 1. The Hall–Kier alpha value is -10.3. The summed E-state index contributed by atoms with van der Waals surface area (Å²) >= 11 is 4.64. The third-order valence-corrected chi connectivity index (χ3v) is 26.7. The number of carbonyl (C=O) groups excluding carboxylic acids is 19. The van der Waals surface area contributed by atoms with Crippen molar-refractivity contribution in [3.63, 3.8) is 0 Å². The van der Waals surface area contributed by atoms with Crippen LogP contribution >= 0.6 is 47.0 Å². The molecule has 131 heavy (non-hydrogen) atoms. The molecule has 1 aromatic heterocycles. The number of rotatable bonds is 66. The van der Waals surface area contributed by atoms with Gasteiger partial charge in [-0.1, -0.05) is 60.2 Å². The summed E-state index contributed by atoms with van der Waals surface area (Å²) < 4.78 is 24.7. The van der Waals surface area contributed by atoms with Crippen LogP contribution in [0.1, 0.15) is 178 Å². The SMILES string of the molecule is CCN(CCNC(=O)[C@H](CCCCNC(=O)[C@H](CCCCNC(=O)CCSC1CC(=O)NC1=O)NC(=O)CCSC1CC(=O)NC1=O)NC(=O)[C@H](CCCCNC(=O)CCSC1CC(=O)NC1=O)NC(=O)CCSC1CC(=O)NC1=O)C(=O)CCCCCNC(=O)CCOCCOCCOCCOCCn1nnc2c1-c1ccccc1C(C(=O)CCC(N)=O)Cc1ccccc1-2. The van der Waals surface area contributed by atoms with E-state index >= 15 is 0 Å². The van der Waals surface area contributed by atoms with Crippen LogP contribution in [0.5, 0.6) is 0 Å². The smallest absolute Gasteiger partial charge is 0.243 e. The number of amides is 18. The summed E-state index contributed by atoms with van der Waals surface area (Å²) in [6, 6.07) is 12.0. The highest BCUT2D eigenvalue weighted by Crippen LogP contribution is 2.42. The van der Waals surface area contributed by atoms with E-state index in [0.29, 0.717) is 122 Å². The summed E-state index contributed by atoms with van der Waals surface area (Å²) in [5.41, 5.74) is 10.4. The molecule has 1 aliphatic carbocycles. The van der Waals surface area contributed by atoms with Crippen molar-refractivity contribution in [2.75, 3.05) is 122 Å². The summed E-state index contributed by atoms with van der Waals surface area (Å²) in [5, 5.41) is 38.1. The highest BCUT2D eigenvalue weighted by molar-refractivity contribution is 8.01. The number of ether oxygens (including phenoxy) is 4. The van der Waals surface area contributed by atoms with E-state index in [-0.39, 0.29) is 214 Å². The lowest BCUT2D eigenvalue weighted by Crippen LogP contribution is -2.54. The van der Waals surface area contributed by atoms with Crippen LogP contribution < -0.4 is 69.5 Å². The summed E-state index contributed by atoms with van der Waals surface area (Å²) in [6.45, 7) is 5.74. The van der Waals surface area contributed by atoms with Gasteiger partial charge in [-0.25, -0.2) is 4.68 Å². The number of hydrogen-bond donors (Lipinski definition) is 13. The van der Waals surface area contributed by atoms with Gasteiger partial charge in [0.1, 0.15) is 29.6 Å². The number of primary amides is 1. The van der Waals surface area contributed by atoms with E-state index in [2.05, 4.69) is 74.1 Å². The minimum Gasteiger partial charge on any atom is -0.379 e. The molecule has 0 bridgehead atoms. The van der Waals surface area contributed by atoms with E-state index in [1.165, 1.54) is 23.5 Å². The van der Waals surface area contributed by atoms with Gasteiger partial charge in [0.25, 0.3) is 0 Å². The number of thioether (sulfide) groups is 4. The van der Waals surface area contributed by atoms with Crippen molar-refractivity contribution >= 4 is 159 Å². The molecule has 18 amide bonds. The van der Waals surface area contributed by atoms with Crippen LogP contribution in [0.3, 0.4) is 0 Å². The number of benzene rings is 2. The van der Waals surface area contributed by atoms with Gasteiger partial charge in [0, 0.05) is 163 Å². The molecule has 4 saturated heterocycles. The van der Waals surface area contributed by atoms with Crippen molar-refractivity contribution in [3.05, 3.63) is 59.7 Å². The molecular weight excluding hydrogens is 1780 g/mol. The van der Waals surface area contributed by atoms with Gasteiger partial charge in [-0.15, -0.1) is 52.1 Å². The number of imide groups is 4. The first-order valence-corrected chi connectivity index (χ1v) is 49.0. The maximum atomic E-state index is 14.5. The molecule has 14 N–H and O–H groups in total. The van der Waals surface area contributed by atoms with Gasteiger partial charge in [-0.2, -0.15) is 0 Å². The Morgan fingerprint density at radius 1 is 0.435 bits per heavy atom. The third kappa shape index (κ3) is 38.5. The molecule has 2 aromatic carbocycles. The first-order valence-electron chi connectivity index (χ1n) is 44.8. The standard InChI is InChI=1S/C87H123N17O23S4/c1-2-103(78(116)23-4-3-12-31-89-69(107)26-38-124-40-42-126-44-45-127-43-41-125-39-37-104-80-58-19-8-7-18-57(58)59(63(105)24-25-68(88)106)50-55-16-5-6-17-56(55)79(80)101-102-104)36-35-93-82(118)61(96-83(119)62(95-73(111)30-49-131-67-54-77(115)100-87(67)123)22-10-14-33-91-71(109)28-47-129-65-52-75(113)98-85(65)121)21-11-15-34-92-81(117)60(94-72(110)29-48-130-66-53-76(114)99-86(66)122)20-9-13-32-90-70(108)27-46-128-64-51-74(112)97-84(64)120/h5-8,16-19,59-62,64-67H,2-4,9-15,20-54H2,1H3,(H2,88,106)(H,89,107)(H,90,108)(H,91,109)(H,92,117)(H,93,118)(H,94,110)(H,95,111)(H,96,119)(H,97,112,120)(H,98,113,121)(H,99,114,122)(H,100,115,123)/t59?,60-,61-,62-,64?,65?,66?,67?/m0/s1. The highest BCUT2D eigenvalue weighted by atomic mass is 32.2. The van der Waals surface area contributed by atoms with Gasteiger partial charge >= 0.3 is 0 Å². The van der Waals surface area contributed by atoms with E-state index in [1.54, 1.807) is 16.5 Å². The monoisotopic (exact) mass is 1900 g/mol. The van der Waals surface area contributed by atoms with Crippen molar-refractivity contribution in [3.8, 4) is 22.5 Å². The van der Waals surface area contributed by atoms with Gasteiger partial charge in [-0.05, 0) is 95.1 Å². The van der Waals surface area contributed by atoms with Gasteiger partial charge in [0.05, 0.1) is 86.1 Å². The Morgan fingerprint density at radius 3 is 1.32 bits per heavy atom. The zero-order chi connectivity index (χ0) is 94.2. The summed E-state index contributed by atoms with van der Waals surface area (Å²) in [7, 11) is 0. The zero-order valence-corrected chi connectivity index (χ0v) is 77.2. The molecule has 8 atom stereocenters. The van der Waals surface area contributed by atoms with Gasteiger partial charge < -0.3 is 72.1 Å². The van der Waals surface area contributed by atoms with Crippen LogP contribution in [0.25, 0.3) is 22.5 Å². The molecule has 0 saturated carbocycles. The average Bonchev–Trinajstić information content (AvgIpc) is 1.59. The van der Waals surface area contributed by atoms with Crippen LogP contribution in [0, 0.1) is 0 Å². The fraction of sp³-hybridized carbons (Fsp3) is 0.621. The lowest BCUT2D eigenvalue weighted by atomic mass is 9.79. The molecular formula is C87H123N17O23S4. The van der Waals surface area contributed by atoms with E-state index in [4.69, 9.17) is 24.7 Å². The van der Waals surface area contributed by atoms with E-state index in [0.717, 1.165) is 51.5 Å². The van der Waals surface area contributed by atoms with Gasteiger partial charge in [0.2, 0.25) is 106 Å². The second kappa shape index (κ2) is 58.6. The maximum absolute atomic E-state index is 14.5. The molecule has 0 spiro atoms. The first-order chi connectivity index (χ1) is 63.2. The predicted octanol–water partition coefficient (Wildman–Crippen LogP) is 0.652. The van der Waals surface area contributed by atoms with Crippen molar-refractivity contribution in [1.82, 2.24) is 83.7 Å². The highest BCUT2D eigenvalue weighted by Gasteiger charge is 2.37. The Morgan fingerprint density at radius 2 is 0.847 bits per heavy atom. The Kier molecular flexibility index (Phi) is 47.5. The minimum absolute atomic E-state index is 0.00553. The number of Topliss-reactive ketones (excluding diaryl/α,β-unsaturated/α-hetero) is 1. The molecule has 5 heterocycles. The summed E-state index contributed by atoms with van der Waals surface area (Å²) in [5.74, 6) is -7.44. The molecule has 718 valence electrons. The molecule has 8 rings (SSSR count). The van der Waals surface area contributed by atoms with Gasteiger partial charge in [-0.3, -0.25) is 112 Å². The number of nitrogens with two attached hydrogens (primary N) is 1. The second-order valence-electron chi connectivity index (χ2n) is 31.8. The van der Waals surface area contributed by atoms with Crippen LogP contribution in [0.2, 0.25) is 0 Å². The van der Waals surface area contributed by atoms with E-state index in [9.17, 15) is 91.1 Å². The molecule has 4 fully saturated rings. The fourth-order valence-electron chi connectivity index (χ4n) is 14.8. The number of fused-ring (bicyclic) bond motifs is 5. The van der Waals surface area contributed by atoms with Crippen LogP contribution in [-0.4, -0.2) is 293 Å². The summed E-state index contributed by atoms with van der Waals surface area (Å²) in [6.07, 6.45) is 4.55. The minimum atomic E-state index is -1.23. The largest absolute Gasteiger partial charge is 0.379 e. The molecule has 40 nitrogen and oxygen atoms in total. The van der Waals surface area contributed by atoms with Crippen molar-refractivity contribution in [2.45, 2.75) is 219 Å². The predicted molar refractivity (Wildman–Crippen MR) is 486 cm³/mol. The van der Waals surface area contributed by atoms with E-state index in [1.807, 2.05) is 48.5 Å². The van der Waals surface area contributed by atoms with Gasteiger partial charge in [0.15, 0.2) is 0 Å². The van der Waals surface area contributed by atoms with Crippen LogP contribution in [-0.2, 0) is 123 Å². The second-order valence-corrected chi connectivity index (χ2v) is 37.0. The number of nitrogens with zero attached hydrogens (tertiary/aromatic N) is 4. The Balaban J connectivity index is 0.749. The Labute approximate surface area is 777 Å². The fourth-order valence-corrected chi connectivity index (χ4v) is 19.0. The van der Waals surface area contributed by atoms with Crippen molar-refractivity contribution < 1.29 is 110 Å². The molecule has 4 aliphatic heterocycles. The number of hydrogen-bond acceptors (Lipinski definition) is 29. The lowest BCUT2D eigenvalue weighted by molar-refractivity contribution is -0.133. The average molecular weight is 1900 g/mol. The lowest BCUT2D eigenvalue weighted by Gasteiger charge is -2.25. The number of unbranched alkanes of at least 4 members (excludes halogenated alkanes) is 5. The molecule has 5 aliphatic rings. The van der Waals surface area contributed by atoms with Crippen LogP contribution in [0.4, 0.5) is 0 Å². The van der Waals surface area contributed by atoms with Crippen molar-refractivity contribution in [1.29, 1.82) is 0 Å². The normalized spacial score (nSPS) is 17.4. The first kappa shape index (κ1) is 106. The van der Waals surface area contributed by atoms with Crippen LogP contribution in [0.15, 0.2) is 48.5 Å². The Bertz CT molecular complexity index is 4450. The molecule has 3 aromatic rings. The number of nitrogens with one attached hydrogen (secondary N) is 12. The quantitative estimate of drug-likeness (QED) is 0.0273. The van der Waals surface area contributed by atoms with E-state index < -0.39 is 116 Å². The maximum Gasteiger partial charge on any atom is 0.243 e. The molecule has 0 radical (unpaired) electrons. The topological polar surface area (TPSA) is 566 Å². The molecule has 44 heteroatoms. The van der Waals surface area contributed by atoms with Crippen molar-refractivity contribution in [2.24, 2.45) is 5.73 Å². The number of ketones is 1. The number of aromatic nitrogens is 3. The summed E-state index contributed by atoms with van der Waals surface area (Å²) in [4.78, 5) is 244. The number of carbonyl (C=O) groups is 19. The third-order valence-electron chi connectivity index (χ3n) is 21.8. The molecule has 5 unspecified atom stereocenters.